The standard InChI is InChI=1S/C18H24N2O3S2/c1-12(2)10-15-16(20-18(25-15)17-19-8-9-24-17)14(23)7-5-3-4-6-13(22)11-21/h8-9,12,21H,3-7,10-11H2,1-2H3. The quantitative estimate of drug-likeness (QED) is 0.468. The second-order valence-corrected chi connectivity index (χ2v) is 8.38. The molecule has 136 valence electrons. The van der Waals surface area contributed by atoms with Crippen molar-refractivity contribution in [2.24, 2.45) is 5.92 Å². The molecule has 2 aromatic heterocycles. The second-order valence-electron chi connectivity index (χ2n) is 6.41. The van der Waals surface area contributed by atoms with Crippen molar-refractivity contribution in [3.05, 3.63) is 22.1 Å². The summed E-state index contributed by atoms with van der Waals surface area (Å²) in [7, 11) is 0. The van der Waals surface area contributed by atoms with Crippen molar-refractivity contribution in [3.63, 3.8) is 0 Å². The number of aliphatic hydroxyl groups is 1. The zero-order chi connectivity index (χ0) is 18.2. The minimum absolute atomic E-state index is 0.0724. The van der Waals surface area contributed by atoms with E-state index in [1.54, 1.807) is 17.5 Å². The Morgan fingerprint density at radius 3 is 2.56 bits per heavy atom. The Morgan fingerprint density at radius 1 is 1.16 bits per heavy atom. The van der Waals surface area contributed by atoms with Crippen LogP contribution in [0.4, 0.5) is 0 Å². The smallest absolute Gasteiger partial charge is 0.182 e. The van der Waals surface area contributed by atoms with Crippen LogP contribution in [0.25, 0.3) is 10.0 Å². The molecule has 0 aliphatic carbocycles. The number of hydrogen-bond acceptors (Lipinski definition) is 7. The minimum Gasteiger partial charge on any atom is -0.389 e. The van der Waals surface area contributed by atoms with E-state index in [1.807, 2.05) is 5.38 Å². The number of nitrogens with zero attached hydrogens (tertiary/aromatic N) is 2. The van der Waals surface area contributed by atoms with Gasteiger partial charge in [-0.05, 0) is 25.2 Å². The van der Waals surface area contributed by atoms with Crippen molar-refractivity contribution < 1.29 is 14.7 Å². The molecule has 2 rings (SSSR count). The first-order valence-corrected chi connectivity index (χ1v) is 10.3. The highest BCUT2D eigenvalue weighted by atomic mass is 32.1. The lowest BCUT2D eigenvalue weighted by atomic mass is 10.0. The predicted molar refractivity (Wildman–Crippen MR) is 101 cm³/mol. The van der Waals surface area contributed by atoms with Crippen LogP contribution in [0.5, 0.6) is 0 Å². The van der Waals surface area contributed by atoms with Crippen molar-refractivity contribution in [1.29, 1.82) is 0 Å². The maximum absolute atomic E-state index is 12.6. The molecule has 0 atom stereocenters. The monoisotopic (exact) mass is 380 g/mol. The van der Waals surface area contributed by atoms with Crippen LogP contribution in [0.3, 0.4) is 0 Å². The third kappa shape index (κ3) is 6.09. The molecule has 0 aliphatic heterocycles. The molecule has 1 N–H and O–H groups in total. The van der Waals surface area contributed by atoms with Gasteiger partial charge in [-0.15, -0.1) is 22.7 Å². The maximum atomic E-state index is 12.6. The average molecular weight is 381 g/mol. The zero-order valence-electron chi connectivity index (χ0n) is 14.7. The van der Waals surface area contributed by atoms with Crippen molar-refractivity contribution in [2.45, 2.75) is 52.4 Å². The molecule has 2 heterocycles. The van der Waals surface area contributed by atoms with Crippen molar-refractivity contribution >= 4 is 34.2 Å². The topological polar surface area (TPSA) is 80.2 Å². The first kappa shape index (κ1) is 19.9. The molecule has 0 spiro atoms. The molecule has 5 nitrogen and oxygen atoms in total. The Morgan fingerprint density at radius 2 is 1.92 bits per heavy atom. The number of ketones is 2. The molecule has 0 unspecified atom stereocenters. The van der Waals surface area contributed by atoms with Crippen LogP contribution in [-0.4, -0.2) is 33.2 Å². The van der Waals surface area contributed by atoms with E-state index in [4.69, 9.17) is 5.11 Å². The van der Waals surface area contributed by atoms with Gasteiger partial charge in [0.05, 0.1) is 0 Å². The summed E-state index contributed by atoms with van der Waals surface area (Å²) in [6, 6.07) is 0. The fourth-order valence-corrected chi connectivity index (χ4v) is 4.45. The maximum Gasteiger partial charge on any atom is 0.182 e. The van der Waals surface area contributed by atoms with Crippen LogP contribution in [-0.2, 0) is 11.2 Å². The summed E-state index contributed by atoms with van der Waals surface area (Å²) in [4.78, 5) is 33.6. The summed E-state index contributed by atoms with van der Waals surface area (Å²) in [5.74, 6) is 0.391. The largest absolute Gasteiger partial charge is 0.389 e. The van der Waals surface area contributed by atoms with E-state index < -0.39 is 6.61 Å². The van der Waals surface area contributed by atoms with Gasteiger partial charge in [0.2, 0.25) is 0 Å². The lowest BCUT2D eigenvalue weighted by molar-refractivity contribution is -0.121. The van der Waals surface area contributed by atoms with Gasteiger partial charge in [0.15, 0.2) is 21.6 Å². The van der Waals surface area contributed by atoms with Gasteiger partial charge in [0, 0.05) is 29.3 Å². The molecule has 0 saturated carbocycles. The predicted octanol–water partition coefficient (Wildman–Crippen LogP) is 4.16. The molecule has 25 heavy (non-hydrogen) atoms. The molecule has 0 amide bonds. The Kier molecular flexibility index (Phi) is 7.87. The number of unbranched alkanes of at least 4 members (excludes halogenated alkanes) is 2. The molecular weight excluding hydrogens is 356 g/mol. The minimum atomic E-state index is -0.393. The third-order valence-electron chi connectivity index (χ3n) is 3.71. The number of aliphatic hydroxyl groups excluding tert-OH is 1. The van der Waals surface area contributed by atoms with Crippen LogP contribution in [0.2, 0.25) is 0 Å². The molecule has 0 fully saturated rings. The van der Waals surface area contributed by atoms with Gasteiger partial charge in [-0.1, -0.05) is 20.3 Å². The normalized spacial score (nSPS) is 11.2. The van der Waals surface area contributed by atoms with Gasteiger partial charge < -0.3 is 5.11 Å². The van der Waals surface area contributed by atoms with E-state index in [0.717, 1.165) is 34.2 Å². The van der Waals surface area contributed by atoms with E-state index in [-0.39, 0.29) is 11.6 Å². The molecule has 2 aromatic rings. The second kappa shape index (κ2) is 9.89. The Labute approximate surface area is 156 Å². The fraction of sp³-hybridized carbons (Fsp3) is 0.556. The van der Waals surface area contributed by atoms with Crippen LogP contribution in [0, 0.1) is 5.92 Å². The van der Waals surface area contributed by atoms with Gasteiger partial charge in [-0.3, -0.25) is 9.59 Å². The van der Waals surface area contributed by atoms with Crippen LogP contribution < -0.4 is 0 Å². The Balaban J connectivity index is 1.98. The van der Waals surface area contributed by atoms with E-state index in [0.29, 0.717) is 30.9 Å². The van der Waals surface area contributed by atoms with Gasteiger partial charge >= 0.3 is 0 Å². The summed E-state index contributed by atoms with van der Waals surface area (Å²) in [6.07, 6.45) is 5.68. The molecular formula is C18H24N2O3S2. The molecule has 7 heteroatoms. The lowest BCUT2D eigenvalue weighted by Gasteiger charge is -2.04. The molecule has 0 bridgehead atoms. The first-order valence-electron chi connectivity index (χ1n) is 8.56. The highest BCUT2D eigenvalue weighted by Gasteiger charge is 2.20. The summed E-state index contributed by atoms with van der Waals surface area (Å²) in [5, 5.41) is 12.3. The highest BCUT2D eigenvalue weighted by molar-refractivity contribution is 7.20. The van der Waals surface area contributed by atoms with Gasteiger partial charge in [0.25, 0.3) is 0 Å². The molecule has 0 radical (unpaired) electrons. The Bertz CT molecular complexity index is 693. The number of hydrogen-bond donors (Lipinski definition) is 1. The molecule has 0 aliphatic rings. The molecule has 0 saturated heterocycles. The average Bonchev–Trinajstić information content (AvgIpc) is 3.23. The van der Waals surface area contributed by atoms with Crippen LogP contribution in [0.1, 0.15) is 61.3 Å². The van der Waals surface area contributed by atoms with E-state index >= 15 is 0 Å². The lowest BCUT2D eigenvalue weighted by Crippen LogP contribution is -2.06. The number of carbonyl (C=O) groups is 2. The SMILES string of the molecule is CC(C)Cc1sc(-c2nccs2)nc1C(=O)CCCCCC(=O)CO. The summed E-state index contributed by atoms with van der Waals surface area (Å²) < 4.78 is 0. The summed E-state index contributed by atoms with van der Waals surface area (Å²) in [6.45, 7) is 3.88. The highest BCUT2D eigenvalue weighted by Crippen LogP contribution is 2.31. The van der Waals surface area contributed by atoms with E-state index in [2.05, 4.69) is 23.8 Å². The van der Waals surface area contributed by atoms with Crippen LogP contribution >= 0.6 is 22.7 Å². The zero-order valence-corrected chi connectivity index (χ0v) is 16.3. The number of aromatic nitrogens is 2. The van der Waals surface area contributed by atoms with Crippen LogP contribution in [0.15, 0.2) is 11.6 Å². The fourth-order valence-electron chi connectivity index (χ4n) is 2.48. The number of rotatable bonds is 11. The van der Waals surface area contributed by atoms with Crippen molar-refractivity contribution in [1.82, 2.24) is 9.97 Å². The molecule has 0 aromatic carbocycles. The van der Waals surface area contributed by atoms with Gasteiger partial charge in [-0.25, -0.2) is 9.97 Å². The van der Waals surface area contributed by atoms with Gasteiger partial charge in [0.1, 0.15) is 12.3 Å². The van der Waals surface area contributed by atoms with Crippen molar-refractivity contribution in [2.75, 3.05) is 6.61 Å². The van der Waals surface area contributed by atoms with Crippen molar-refractivity contribution in [3.8, 4) is 10.0 Å². The van der Waals surface area contributed by atoms with E-state index in [1.165, 1.54) is 11.3 Å². The Hall–Kier alpha value is -1.44. The summed E-state index contributed by atoms with van der Waals surface area (Å²) in [5.41, 5.74) is 0.593. The number of Topliss-reactive ketones (excluding diaryl/α,β-unsaturated/α-hetero) is 2. The van der Waals surface area contributed by atoms with E-state index in [9.17, 15) is 9.59 Å². The number of thiazole rings is 2. The third-order valence-corrected chi connectivity index (χ3v) is 5.70. The number of carbonyl (C=O) groups excluding carboxylic acids is 2. The first-order chi connectivity index (χ1) is 12.0. The van der Waals surface area contributed by atoms with Gasteiger partial charge in [-0.2, -0.15) is 0 Å². The summed E-state index contributed by atoms with van der Waals surface area (Å²) >= 11 is 3.10.